The summed E-state index contributed by atoms with van der Waals surface area (Å²) in [5.74, 6) is 0.123. The van der Waals surface area contributed by atoms with Crippen LogP contribution in [0.2, 0.25) is 0 Å². The summed E-state index contributed by atoms with van der Waals surface area (Å²) in [7, 11) is 1.70. The van der Waals surface area contributed by atoms with Crippen LogP contribution in [0.1, 0.15) is 31.4 Å². The fourth-order valence-corrected chi connectivity index (χ4v) is 3.77. The van der Waals surface area contributed by atoms with E-state index in [4.69, 9.17) is 4.74 Å². The summed E-state index contributed by atoms with van der Waals surface area (Å²) in [6, 6.07) is 9.37. The predicted octanol–water partition coefficient (Wildman–Crippen LogP) is 2.73. The minimum atomic E-state index is 0.00717. The number of fused-ring (bicyclic) bond motifs is 1. The first-order valence-electron chi connectivity index (χ1n) is 8.99. The third-order valence-electron chi connectivity index (χ3n) is 5.12. The normalized spacial score (nSPS) is 17.8. The van der Waals surface area contributed by atoms with E-state index in [0.29, 0.717) is 12.0 Å². The Kier molecular flexibility index (Phi) is 5.53. The van der Waals surface area contributed by atoms with Crippen molar-refractivity contribution in [1.29, 1.82) is 0 Å². The number of aryl methyl sites for hydroxylation is 1. The summed E-state index contributed by atoms with van der Waals surface area (Å²) in [5, 5.41) is 0.662. The molecule has 134 valence electrons. The number of pyridine rings is 1. The Morgan fingerprint density at radius 3 is 2.88 bits per heavy atom. The van der Waals surface area contributed by atoms with Crippen LogP contribution in [0.5, 0.6) is 0 Å². The topological polar surface area (TPSA) is 51.5 Å². The number of para-hydroxylation sites is 1. The van der Waals surface area contributed by atoms with Crippen molar-refractivity contribution in [1.82, 2.24) is 9.47 Å². The molecule has 2 aromatic rings. The highest BCUT2D eigenvalue weighted by atomic mass is 16.5. The fourth-order valence-electron chi connectivity index (χ4n) is 3.77. The molecule has 0 saturated carbocycles. The molecule has 1 aliphatic heterocycles. The maximum Gasteiger partial charge on any atom is 0.242 e. The van der Waals surface area contributed by atoms with Gasteiger partial charge in [-0.05, 0) is 44.7 Å². The van der Waals surface area contributed by atoms with Crippen LogP contribution < -0.4 is 5.43 Å². The van der Waals surface area contributed by atoms with E-state index in [1.165, 1.54) is 0 Å². The summed E-state index contributed by atoms with van der Waals surface area (Å²) < 4.78 is 7.16. The SMILES string of the molecule is COCCC1CCCCN1C(=O)Cn1c(C)cc(=O)c2ccccc21. The number of nitrogens with zero attached hydrogens (tertiary/aromatic N) is 2. The number of rotatable bonds is 5. The van der Waals surface area contributed by atoms with Crippen molar-refractivity contribution in [3.8, 4) is 0 Å². The molecular formula is C20H26N2O3. The van der Waals surface area contributed by atoms with E-state index < -0.39 is 0 Å². The molecule has 25 heavy (non-hydrogen) atoms. The zero-order valence-corrected chi connectivity index (χ0v) is 15.0. The van der Waals surface area contributed by atoms with Crippen LogP contribution in [0.3, 0.4) is 0 Å². The van der Waals surface area contributed by atoms with Gasteiger partial charge in [-0.3, -0.25) is 9.59 Å². The van der Waals surface area contributed by atoms with E-state index in [1.807, 2.05) is 40.7 Å². The van der Waals surface area contributed by atoms with Crippen molar-refractivity contribution in [3.05, 3.63) is 46.2 Å². The van der Waals surface area contributed by atoms with Gasteiger partial charge in [0, 0.05) is 43.4 Å². The molecule has 0 aliphatic carbocycles. The molecule has 1 unspecified atom stereocenters. The number of amides is 1. The number of hydrogen-bond acceptors (Lipinski definition) is 3. The lowest BCUT2D eigenvalue weighted by Gasteiger charge is -2.36. The van der Waals surface area contributed by atoms with E-state index in [0.717, 1.165) is 43.4 Å². The van der Waals surface area contributed by atoms with Crippen molar-refractivity contribution >= 4 is 16.8 Å². The highest BCUT2D eigenvalue weighted by Crippen LogP contribution is 2.21. The van der Waals surface area contributed by atoms with Gasteiger partial charge in [0.2, 0.25) is 5.91 Å². The average molecular weight is 342 g/mol. The number of carbonyl (C=O) groups excluding carboxylic acids is 1. The number of aromatic nitrogens is 1. The minimum absolute atomic E-state index is 0.00717. The summed E-state index contributed by atoms with van der Waals surface area (Å²) in [6.07, 6.45) is 4.14. The second-order valence-electron chi connectivity index (χ2n) is 6.77. The molecule has 1 aliphatic rings. The largest absolute Gasteiger partial charge is 0.385 e. The molecule has 1 amide bonds. The van der Waals surface area contributed by atoms with E-state index in [9.17, 15) is 9.59 Å². The van der Waals surface area contributed by atoms with Gasteiger partial charge < -0.3 is 14.2 Å². The highest BCUT2D eigenvalue weighted by molar-refractivity contribution is 5.83. The fraction of sp³-hybridized carbons (Fsp3) is 0.500. The van der Waals surface area contributed by atoms with Gasteiger partial charge in [-0.2, -0.15) is 0 Å². The summed E-state index contributed by atoms with van der Waals surface area (Å²) >= 11 is 0. The van der Waals surface area contributed by atoms with Crippen molar-refractivity contribution in [2.75, 3.05) is 20.3 Å². The van der Waals surface area contributed by atoms with Crippen LogP contribution in [0.15, 0.2) is 35.1 Å². The number of methoxy groups -OCH3 is 1. The second kappa shape index (κ2) is 7.83. The number of benzene rings is 1. The standard InChI is InChI=1S/C20H26N2O3/c1-15-13-19(23)17-8-3-4-9-18(17)22(15)14-20(24)21-11-6-5-7-16(21)10-12-25-2/h3-4,8-9,13,16H,5-7,10-12,14H2,1-2H3. The maximum atomic E-state index is 13.0. The monoisotopic (exact) mass is 342 g/mol. The Balaban J connectivity index is 1.87. The molecule has 1 aromatic carbocycles. The highest BCUT2D eigenvalue weighted by Gasteiger charge is 2.26. The van der Waals surface area contributed by atoms with E-state index >= 15 is 0 Å². The molecule has 1 saturated heterocycles. The molecule has 1 atom stereocenters. The Morgan fingerprint density at radius 2 is 2.08 bits per heavy atom. The molecule has 0 radical (unpaired) electrons. The lowest BCUT2D eigenvalue weighted by Crippen LogP contribution is -2.45. The molecule has 0 spiro atoms. The third kappa shape index (κ3) is 3.76. The van der Waals surface area contributed by atoms with Crippen molar-refractivity contribution in [2.24, 2.45) is 0 Å². The zero-order chi connectivity index (χ0) is 17.8. The van der Waals surface area contributed by atoms with Crippen LogP contribution in [0.4, 0.5) is 0 Å². The number of piperidine rings is 1. The predicted molar refractivity (Wildman–Crippen MR) is 98.8 cm³/mol. The Hall–Kier alpha value is -2.14. The van der Waals surface area contributed by atoms with Crippen LogP contribution in [0.25, 0.3) is 10.9 Å². The van der Waals surface area contributed by atoms with Crippen LogP contribution in [0, 0.1) is 6.92 Å². The summed E-state index contributed by atoms with van der Waals surface area (Å²) in [5.41, 5.74) is 1.65. The van der Waals surface area contributed by atoms with Gasteiger partial charge in [0.1, 0.15) is 6.54 Å². The molecular weight excluding hydrogens is 316 g/mol. The first kappa shape index (κ1) is 17.7. The lowest BCUT2D eigenvalue weighted by molar-refractivity contribution is -0.135. The van der Waals surface area contributed by atoms with Gasteiger partial charge >= 0.3 is 0 Å². The summed E-state index contributed by atoms with van der Waals surface area (Å²) in [6.45, 7) is 3.65. The molecule has 2 heterocycles. The molecule has 0 N–H and O–H groups in total. The smallest absolute Gasteiger partial charge is 0.242 e. The van der Waals surface area contributed by atoms with Crippen molar-refractivity contribution < 1.29 is 9.53 Å². The van der Waals surface area contributed by atoms with Gasteiger partial charge in [-0.1, -0.05) is 12.1 Å². The summed E-state index contributed by atoms with van der Waals surface area (Å²) in [4.78, 5) is 27.2. The van der Waals surface area contributed by atoms with Crippen LogP contribution in [-0.2, 0) is 16.1 Å². The average Bonchev–Trinajstić information content (AvgIpc) is 2.63. The third-order valence-corrected chi connectivity index (χ3v) is 5.12. The van der Waals surface area contributed by atoms with Gasteiger partial charge in [0.25, 0.3) is 0 Å². The van der Waals surface area contributed by atoms with E-state index in [-0.39, 0.29) is 23.9 Å². The van der Waals surface area contributed by atoms with E-state index in [2.05, 4.69) is 0 Å². The van der Waals surface area contributed by atoms with Gasteiger partial charge in [0.05, 0.1) is 5.52 Å². The van der Waals surface area contributed by atoms with Gasteiger partial charge in [-0.15, -0.1) is 0 Å². The second-order valence-corrected chi connectivity index (χ2v) is 6.77. The number of carbonyl (C=O) groups is 1. The first-order valence-corrected chi connectivity index (χ1v) is 8.99. The van der Waals surface area contributed by atoms with Gasteiger partial charge in [-0.25, -0.2) is 0 Å². The van der Waals surface area contributed by atoms with Crippen molar-refractivity contribution in [2.45, 2.75) is 45.2 Å². The Morgan fingerprint density at radius 1 is 1.28 bits per heavy atom. The van der Waals surface area contributed by atoms with Crippen LogP contribution >= 0.6 is 0 Å². The van der Waals surface area contributed by atoms with E-state index in [1.54, 1.807) is 13.2 Å². The molecule has 1 fully saturated rings. The minimum Gasteiger partial charge on any atom is -0.385 e. The molecule has 1 aromatic heterocycles. The number of likely N-dealkylation sites (tertiary alicyclic amines) is 1. The molecule has 5 nitrogen and oxygen atoms in total. The lowest BCUT2D eigenvalue weighted by atomic mass is 9.99. The van der Waals surface area contributed by atoms with Crippen molar-refractivity contribution in [3.63, 3.8) is 0 Å². The first-order chi connectivity index (χ1) is 12.1. The Bertz CT molecular complexity index is 812. The number of hydrogen-bond donors (Lipinski definition) is 0. The van der Waals surface area contributed by atoms with Gasteiger partial charge in [0.15, 0.2) is 5.43 Å². The molecule has 5 heteroatoms. The molecule has 3 rings (SSSR count). The quantitative estimate of drug-likeness (QED) is 0.839. The maximum absolute atomic E-state index is 13.0. The van der Waals surface area contributed by atoms with Crippen LogP contribution in [-0.4, -0.2) is 41.7 Å². The molecule has 0 bridgehead atoms. The Labute approximate surface area is 148 Å². The number of ether oxygens (including phenoxy) is 1. The zero-order valence-electron chi connectivity index (χ0n) is 15.0.